The van der Waals surface area contributed by atoms with E-state index in [4.69, 9.17) is 4.74 Å². The number of morpholine rings is 1. The zero-order valence-corrected chi connectivity index (χ0v) is 13.4. The molecule has 120 valence electrons. The third-order valence-corrected chi connectivity index (χ3v) is 3.81. The highest BCUT2D eigenvalue weighted by Gasteiger charge is 2.15. The van der Waals surface area contributed by atoms with E-state index in [1.165, 1.54) is 0 Å². The highest BCUT2D eigenvalue weighted by Crippen LogP contribution is 2.21. The smallest absolute Gasteiger partial charge is 0.255 e. The van der Waals surface area contributed by atoms with Gasteiger partial charge in [0.15, 0.2) is 0 Å². The molecule has 2 heterocycles. The van der Waals surface area contributed by atoms with Crippen LogP contribution in [0.4, 0.5) is 5.69 Å². The fraction of sp³-hybridized carbons (Fsp3) is 0.333. The Kier molecular flexibility index (Phi) is 4.69. The predicted molar refractivity (Wildman–Crippen MR) is 89.7 cm³/mol. The lowest BCUT2D eigenvalue weighted by atomic mass is 10.1. The van der Waals surface area contributed by atoms with E-state index in [-0.39, 0.29) is 12.0 Å². The summed E-state index contributed by atoms with van der Waals surface area (Å²) >= 11 is 0. The number of benzene rings is 1. The number of aryl methyl sites for hydroxylation is 2. The Morgan fingerprint density at radius 2 is 1.91 bits per heavy atom. The van der Waals surface area contributed by atoms with Crippen LogP contribution in [0.15, 0.2) is 36.4 Å². The average molecular weight is 311 g/mol. The Morgan fingerprint density at radius 3 is 2.52 bits per heavy atom. The van der Waals surface area contributed by atoms with Gasteiger partial charge >= 0.3 is 0 Å². The number of aromatic nitrogens is 1. The van der Waals surface area contributed by atoms with Crippen molar-refractivity contribution in [3.8, 4) is 0 Å². The third-order valence-electron chi connectivity index (χ3n) is 3.81. The Bertz CT molecular complexity index is 672. The van der Waals surface area contributed by atoms with Crippen molar-refractivity contribution in [3.05, 3.63) is 58.9 Å². The van der Waals surface area contributed by atoms with Crippen molar-refractivity contribution in [2.45, 2.75) is 20.0 Å². The molecule has 23 heavy (non-hydrogen) atoms. The minimum absolute atomic E-state index is 0.0824. The van der Waals surface area contributed by atoms with Gasteiger partial charge in [-0.25, -0.2) is 0 Å². The fourth-order valence-corrected chi connectivity index (χ4v) is 2.73. The largest absolute Gasteiger partial charge is 0.371 e. The van der Waals surface area contributed by atoms with Gasteiger partial charge < -0.3 is 15.4 Å². The van der Waals surface area contributed by atoms with Gasteiger partial charge in [0.1, 0.15) is 0 Å². The topological polar surface area (TPSA) is 63.2 Å². The second-order valence-electron chi connectivity index (χ2n) is 5.78. The number of ether oxygens (including phenoxy) is 1. The van der Waals surface area contributed by atoms with Gasteiger partial charge in [0.25, 0.3) is 5.91 Å². The number of amides is 1. The average Bonchev–Trinajstić information content (AvgIpc) is 2.55. The summed E-state index contributed by atoms with van der Waals surface area (Å²) in [5.74, 6) is -0.123. The normalized spacial score (nSPS) is 17.7. The maximum atomic E-state index is 12.3. The Balaban J connectivity index is 1.68. The lowest BCUT2D eigenvalue weighted by Crippen LogP contribution is -2.33. The molecule has 2 aromatic rings. The Labute approximate surface area is 136 Å². The van der Waals surface area contributed by atoms with Gasteiger partial charge in [0.05, 0.1) is 12.7 Å². The van der Waals surface area contributed by atoms with E-state index in [1.807, 2.05) is 38.1 Å². The summed E-state index contributed by atoms with van der Waals surface area (Å²) in [5, 5.41) is 6.23. The minimum atomic E-state index is -0.123. The molecule has 1 aromatic carbocycles. The number of anilines is 1. The fourth-order valence-electron chi connectivity index (χ4n) is 2.73. The van der Waals surface area contributed by atoms with Crippen LogP contribution in [0.25, 0.3) is 0 Å². The van der Waals surface area contributed by atoms with Gasteiger partial charge in [0.2, 0.25) is 0 Å². The van der Waals surface area contributed by atoms with Crippen LogP contribution < -0.4 is 10.6 Å². The second kappa shape index (κ2) is 6.89. The van der Waals surface area contributed by atoms with Crippen molar-refractivity contribution < 1.29 is 9.53 Å². The van der Waals surface area contributed by atoms with Crippen LogP contribution in [0.5, 0.6) is 0 Å². The molecule has 0 spiro atoms. The molecule has 1 amide bonds. The SMILES string of the molecule is Cc1cc(C(=O)Nc2ccc(C3CNCCO3)cc2)cc(C)n1. The van der Waals surface area contributed by atoms with Gasteiger partial charge in [-0.05, 0) is 43.7 Å². The maximum Gasteiger partial charge on any atom is 0.255 e. The number of carbonyl (C=O) groups is 1. The molecule has 1 aromatic heterocycles. The lowest BCUT2D eigenvalue weighted by molar-refractivity contribution is 0.0277. The first-order chi connectivity index (χ1) is 11.1. The van der Waals surface area contributed by atoms with Crippen molar-refractivity contribution in [1.82, 2.24) is 10.3 Å². The van der Waals surface area contributed by atoms with Gasteiger partial charge in [-0.1, -0.05) is 12.1 Å². The number of nitrogens with one attached hydrogen (secondary N) is 2. The molecule has 2 N–H and O–H groups in total. The van der Waals surface area contributed by atoms with Gasteiger partial charge in [-0.15, -0.1) is 0 Å². The first-order valence-electron chi connectivity index (χ1n) is 7.81. The van der Waals surface area contributed by atoms with Crippen molar-refractivity contribution in [2.24, 2.45) is 0 Å². The van der Waals surface area contributed by atoms with E-state index < -0.39 is 0 Å². The van der Waals surface area contributed by atoms with Crippen LogP contribution in [-0.2, 0) is 4.74 Å². The molecule has 5 heteroatoms. The summed E-state index contributed by atoms with van der Waals surface area (Å²) in [4.78, 5) is 16.6. The first kappa shape index (κ1) is 15.6. The van der Waals surface area contributed by atoms with E-state index in [9.17, 15) is 4.79 Å². The molecule has 0 saturated carbocycles. The quantitative estimate of drug-likeness (QED) is 0.914. The lowest BCUT2D eigenvalue weighted by Gasteiger charge is -2.24. The second-order valence-corrected chi connectivity index (χ2v) is 5.78. The molecule has 1 saturated heterocycles. The summed E-state index contributed by atoms with van der Waals surface area (Å²) < 4.78 is 5.72. The van der Waals surface area contributed by atoms with Crippen molar-refractivity contribution >= 4 is 11.6 Å². The van der Waals surface area contributed by atoms with E-state index in [2.05, 4.69) is 15.6 Å². The summed E-state index contributed by atoms with van der Waals surface area (Å²) in [6, 6.07) is 11.4. The molecule has 0 bridgehead atoms. The molecule has 1 unspecified atom stereocenters. The van der Waals surface area contributed by atoms with Gasteiger partial charge in [0, 0.05) is 35.7 Å². The summed E-state index contributed by atoms with van der Waals surface area (Å²) in [6.45, 7) is 6.22. The number of hydrogen-bond acceptors (Lipinski definition) is 4. The standard InChI is InChI=1S/C18H21N3O2/c1-12-9-15(10-13(2)20-12)18(22)21-16-5-3-14(4-6-16)17-11-19-7-8-23-17/h3-6,9-10,17,19H,7-8,11H2,1-2H3,(H,21,22). The van der Waals surface area contributed by atoms with E-state index in [0.29, 0.717) is 5.56 Å². The van der Waals surface area contributed by atoms with Crippen molar-refractivity contribution in [1.29, 1.82) is 0 Å². The first-order valence-corrected chi connectivity index (χ1v) is 7.81. The summed E-state index contributed by atoms with van der Waals surface area (Å²) in [6.07, 6.45) is 0.0824. The van der Waals surface area contributed by atoms with Crippen LogP contribution in [0.3, 0.4) is 0 Å². The van der Waals surface area contributed by atoms with Crippen LogP contribution in [-0.4, -0.2) is 30.6 Å². The number of hydrogen-bond donors (Lipinski definition) is 2. The Hall–Kier alpha value is -2.24. The maximum absolute atomic E-state index is 12.3. The predicted octanol–water partition coefficient (Wildman–Crippen LogP) is 2.61. The van der Waals surface area contributed by atoms with Gasteiger partial charge in [-0.3, -0.25) is 9.78 Å². The highest BCUT2D eigenvalue weighted by molar-refractivity contribution is 6.04. The van der Waals surface area contributed by atoms with E-state index in [1.54, 1.807) is 12.1 Å². The Morgan fingerprint density at radius 1 is 1.22 bits per heavy atom. The van der Waals surface area contributed by atoms with E-state index in [0.717, 1.165) is 42.3 Å². The minimum Gasteiger partial charge on any atom is -0.371 e. The van der Waals surface area contributed by atoms with E-state index >= 15 is 0 Å². The zero-order chi connectivity index (χ0) is 16.2. The molecule has 0 radical (unpaired) electrons. The molecular weight excluding hydrogens is 290 g/mol. The molecule has 1 fully saturated rings. The van der Waals surface area contributed by atoms with Crippen molar-refractivity contribution in [3.63, 3.8) is 0 Å². The number of carbonyl (C=O) groups excluding carboxylic acids is 1. The molecule has 1 atom stereocenters. The van der Waals surface area contributed by atoms with Crippen LogP contribution in [0, 0.1) is 13.8 Å². The monoisotopic (exact) mass is 311 g/mol. The molecular formula is C18H21N3O2. The van der Waals surface area contributed by atoms with Gasteiger partial charge in [-0.2, -0.15) is 0 Å². The molecule has 3 rings (SSSR count). The molecule has 0 aliphatic carbocycles. The van der Waals surface area contributed by atoms with Crippen LogP contribution >= 0.6 is 0 Å². The number of pyridine rings is 1. The number of nitrogens with zero attached hydrogens (tertiary/aromatic N) is 1. The summed E-state index contributed by atoms with van der Waals surface area (Å²) in [5.41, 5.74) is 4.19. The zero-order valence-electron chi connectivity index (χ0n) is 13.4. The molecule has 1 aliphatic rings. The molecule has 5 nitrogen and oxygen atoms in total. The third kappa shape index (κ3) is 3.94. The van der Waals surface area contributed by atoms with Crippen molar-refractivity contribution in [2.75, 3.05) is 25.0 Å². The summed E-state index contributed by atoms with van der Waals surface area (Å²) in [7, 11) is 0. The van der Waals surface area contributed by atoms with Crippen LogP contribution in [0.2, 0.25) is 0 Å². The van der Waals surface area contributed by atoms with Crippen LogP contribution in [0.1, 0.15) is 33.4 Å². The molecule has 1 aliphatic heterocycles. The number of rotatable bonds is 3. The highest BCUT2D eigenvalue weighted by atomic mass is 16.5.